The molecule has 0 radical (unpaired) electrons. The second-order valence-corrected chi connectivity index (χ2v) is 21.2. The zero-order chi connectivity index (χ0) is 49.2. The Morgan fingerprint density at radius 2 is 1.27 bits per heavy atom. The molecule has 67 heavy (non-hydrogen) atoms. The lowest BCUT2D eigenvalue weighted by Crippen LogP contribution is -2.21. The number of thioether (sulfide) groups is 1. The van der Waals surface area contributed by atoms with Crippen LogP contribution in [0.1, 0.15) is 46.6 Å². The molecule has 0 bridgehead atoms. The van der Waals surface area contributed by atoms with E-state index in [0.717, 1.165) is 45.1 Å². The Bertz CT molecular complexity index is 3050. The van der Waals surface area contributed by atoms with E-state index in [1.54, 1.807) is 56.3 Å². The molecule has 2 aromatic heterocycles. The number of carbonyl (C=O) groups excluding carboxylic acids is 2. The van der Waals surface area contributed by atoms with E-state index in [-0.39, 0.29) is 54.5 Å². The first-order chi connectivity index (χ1) is 31.6. The summed E-state index contributed by atoms with van der Waals surface area (Å²) < 4.78 is 141. The number of hydrogen-bond acceptors (Lipinski definition) is 15. The number of fused-ring (bicyclic) bond motifs is 1. The average molecular weight is 1010 g/mol. The molecular formula is C45H46F3N3O12S4. The number of alkyl halides is 3. The van der Waals surface area contributed by atoms with Crippen molar-refractivity contribution in [2.24, 2.45) is 0 Å². The second kappa shape index (κ2) is 22.2. The summed E-state index contributed by atoms with van der Waals surface area (Å²) in [6, 6.07) is 22.7. The first-order valence-corrected chi connectivity index (χ1v) is 26.1. The number of aromatic nitrogens is 3. The molecular weight excluding hydrogens is 960 g/mol. The summed E-state index contributed by atoms with van der Waals surface area (Å²) in [6.45, 7) is 5.49. The third-order valence-electron chi connectivity index (χ3n) is 9.49. The van der Waals surface area contributed by atoms with Crippen molar-refractivity contribution in [3.8, 4) is 11.5 Å². The minimum atomic E-state index is -4.68. The fourth-order valence-electron chi connectivity index (χ4n) is 6.01. The lowest BCUT2D eigenvalue weighted by molar-refractivity contribution is -0.153. The Balaban J connectivity index is 0.00000414. The lowest BCUT2D eigenvalue weighted by atomic mass is 10.2. The summed E-state index contributed by atoms with van der Waals surface area (Å²) in [5, 5.41) is -0.0769. The lowest BCUT2D eigenvalue weighted by Gasteiger charge is -2.15. The first kappa shape index (κ1) is 52.0. The summed E-state index contributed by atoms with van der Waals surface area (Å²) >= 11 is 0.908. The van der Waals surface area contributed by atoms with E-state index in [0.29, 0.717) is 0 Å². The van der Waals surface area contributed by atoms with Gasteiger partial charge in [-0.15, -0.1) is 0 Å². The SMILES string of the molecule is CC.Cc1ccc(S(=O)(=O)CCOC(=O)COc2ccc(S(=O)(=O)n3c(SCc4nccc(OCC(F)(F)F)c4C)nc4ccccc43)cc2C(=O)OCCS(=O)(=O)c2ccc(C)cc2)cc1. The Hall–Kier alpha value is -5.97. The number of para-hydroxylation sites is 2. The summed E-state index contributed by atoms with van der Waals surface area (Å²) in [4.78, 5) is 34.7. The molecule has 0 unspecified atom stereocenters. The molecule has 0 aliphatic carbocycles. The number of aryl methyl sites for hydroxylation is 2. The predicted molar refractivity (Wildman–Crippen MR) is 243 cm³/mol. The van der Waals surface area contributed by atoms with E-state index in [2.05, 4.69) is 9.97 Å². The van der Waals surface area contributed by atoms with E-state index < -0.39 is 96.2 Å². The largest absolute Gasteiger partial charge is 0.484 e. The number of halogens is 3. The molecule has 6 rings (SSSR count). The third-order valence-corrected chi connectivity index (χ3v) is 15.6. The van der Waals surface area contributed by atoms with Crippen LogP contribution in [0.2, 0.25) is 0 Å². The Labute approximate surface area is 390 Å². The molecule has 4 aromatic carbocycles. The van der Waals surface area contributed by atoms with Crippen molar-refractivity contribution in [1.82, 2.24) is 13.9 Å². The van der Waals surface area contributed by atoms with E-state index >= 15 is 0 Å². The molecule has 0 amide bonds. The van der Waals surface area contributed by atoms with Crippen molar-refractivity contribution < 1.29 is 67.0 Å². The number of nitrogens with zero attached hydrogens (tertiary/aromatic N) is 3. The number of ether oxygens (including phenoxy) is 4. The Morgan fingerprint density at radius 3 is 1.87 bits per heavy atom. The zero-order valence-corrected chi connectivity index (χ0v) is 40.0. The van der Waals surface area contributed by atoms with Crippen LogP contribution in [-0.4, -0.2) is 95.2 Å². The minimum Gasteiger partial charge on any atom is -0.484 e. The van der Waals surface area contributed by atoms with Gasteiger partial charge < -0.3 is 18.9 Å². The fraction of sp³-hybridized carbons (Fsp3) is 0.289. The van der Waals surface area contributed by atoms with Gasteiger partial charge in [-0.2, -0.15) is 13.2 Å². The average Bonchev–Trinajstić information content (AvgIpc) is 3.67. The van der Waals surface area contributed by atoms with Crippen molar-refractivity contribution in [1.29, 1.82) is 0 Å². The standard InChI is InChI=1S/C43H40F3N3O12S4.C2H6/c1-28-8-12-31(13-9-28)63(52,53)22-20-58-40(50)25-60-39-17-16-33(24-34(39)41(51)59-21-23-64(54,55)32-14-10-29(2)11-15-32)65(56,57)49-37-7-5-4-6-35(37)48-42(49)62-26-36-30(3)38(18-19-47-36)61-27-43(44,45)46;1-2/h4-19,24H,20-23,25-27H2,1-3H3;1-2H3. The van der Waals surface area contributed by atoms with Crippen LogP contribution in [0.4, 0.5) is 13.2 Å². The van der Waals surface area contributed by atoms with Crippen molar-refractivity contribution in [2.75, 3.05) is 37.9 Å². The molecule has 0 spiro atoms. The van der Waals surface area contributed by atoms with Crippen LogP contribution in [0.25, 0.3) is 11.0 Å². The number of carbonyl (C=O) groups is 2. The molecule has 0 saturated carbocycles. The Kier molecular flexibility index (Phi) is 17.2. The summed E-state index contributed by atoms with van der Waals surface area (Å²) in [6.07, 6.45) is -3.33. The molecule has 0 aliphatic heterocycles. The maximum atomic E-state index is 14.6. The molecule has 0 N–H and O–H groups in total. The normalized spacial score (nSPS) is 11.9. The molecule has 15 nitrogen and oxygen atoms in total. The monoisotopic (exact) mass is 1010 g/mol. The van der Waals surface area contributed by atoms with Gasteiger partial charge in [-0.05, 0) is 81.4 Å². The van der Waals surface area contributed by atoms with Crippen LogP contribution in [0.15, 0.2) is 123 Å². The van der Waals surface area contributed by atoms with E-state index in [1.165, 1.54) is 49.5 Å². The Morgan fingerprint density at radius 1 is 0.701 bits per heavy atom. The van der Waals surface area contributed by atoms with Gasteiger partial charge in [-0.25, -0.2) is 43.8 Å². The molecule has 0 atom stereocenters. The molecule has 358 valence electrons. The molecule has 0 aliphatic rings. The van der Waals surface area contributed by atoms with Crippen LogP contribution in [0.3, 0.4) is 0 Å². The molecule has 0 saturated heterocycles. The van der Waals surface area contributed by atoms with Gasteiger partial charge >= 0.3 is 18.1 Å². The van der Waals surface area contributed by atoms with Crippen molar-refractivity contribution in [3.05, 3.63) is 131 Å². The van der Waals surface area contributed by atoms with Gasteiger partial charge in [0.25, 0.3) is 10.0 Å². The van der Waals surface area contributed by atoms with Crippen molar-refractivity contribution in [2.45, 2.75) is 66.4 Å². The van der Waals surface area contributed by atoms with Crippen LogP contribution in [0, 0.1) is 20.8 Å². The fourth-order valence-corrected chi connectivity index (χ4v) is 11.0. The van der Waals surface area contributed by atoms with Crippen molar-refractivity contribution >= 4 is 64.4 Å². The molecule has 6 aromatic rings. The van der Waals surface area contributed by atoms with E-state index in [1.807, 2.05) is 13.8 Å². The topological polar surface area (TPSA) is 204 Å². The van der Waals surface area contributed by atoms with Gasteiger partial charge in [-0.3, -0.25) is 4.98 Å². The number of rotatable bonds is 19. The first-order valence-electron chi connectivity index (χ1n) is 20.3. The van der Waals surface area contributed by atoms with Gasteiger partial charge in [0.1, 0.15) is 30.3 Å². The van der Waals surface area contributed by atoms with E-state index in [9.17, 15) is 48.0 Å². The molecule has 22 heteroatoms. The summed E-state index contributed by atoms with van der Waals surface area (Å²) in [7, 11) is -12.4. The van der Waals surface area contributed by atoms with Crippen LogP contribution < -0.4 is 9.47 Å². The highest BCUT2D eigenvalue weighted by Crippen LogP contribution is 2.34. The highest BCUT2D eigenvalue weighted by molar-refractivity contribution is 7.99. The number of esters is 2. The van der Waals surface area contributed by atoms with Gasteiger partial charge in [0.05, 0.1) is 42.9 Å². The summed E-state index contributed by atoms with van der Waals surface area (Å²) in [5.41, 5.74) is 2.09. The minimum absolute atomic E-state index is 0.0175. The van der Waals surface area contributed by atoms with E-state index in [4.69, 9.17) is 18.9 Å². The number of pyridine rings is 1. The van der Waals surface area contributed by atoms with Gasteiger partial charge in [-0.1, -0.05) is 73.1 Å². The maximum Gasteiger partial charge on any atom is 0.422 e. The third kappa shape index (κ3) is 13.6. The predicted octanol–water partition coefficient (Wildman–Crippen LogP) is 7.88. The number of benzene rings is 4. The van der Waals surface area contributed by atoms with Gasteiger partial charge in [0.2, 0.25) is 0 Å². The highest BCUT2D eigenvalue weighted by atomic mass is 32.2. The number of sulfone groups is 2. The van der Waals surface area contributed by atoms with Gasteiger partial charge in [0, 0.05) is 17.5 Å². The number of hydrogen-bond donors (Lipinski definition) is 0. The maximum absolute atomic E-state index is 14.6. The highest BCUT2D eigenvalue weighted by Gasteiger charge is 2.30. The van der Waals surface area contributed by atoms with Gasteiger partial charge in [0.15, 0.2) is 38.0 Å². The van der Waals surface area contributed by atoms with Crippen LogP contribution >= 0.6 is 11.8 Å². The number of imidazole rings is 1. The molecule has 2 heterocycles. The smallest absolute Gasteiger partial charge is 0.422 e. The van der Waals surface area contributed by atoms with Crippen LogP contribution in [0.5, 0.6) is 11.5 Å². The molecule has 0 fully saturated rings. The van der Waals surface area contributed by atoms with Crippen LogP contribution in [-0.2, 0) is 49.7 Å². The second-order valence-electron chi connectivity index (χ2n) is 14.3. The zero-order valence-electron chi connectivity index (χ0n) is 36.8. The van der Waals surface area contributed by atoms with Crippen molar-refractivity contribution in [3.63, 3.8) is 0 Å². The quantitative estimate of drug-likeness (QED) is 0.0559. The summed E-state index contributed by atoms with van der Waals surface area (Å²) in [5.74, 6) is -3.91.